The van der Waals surface area contributed by atoms with Crippen LogP contribution in [0.4, 0.5) is 0 Å². The summed E-state index contributed by atoms with van der Waals surface area (Å²) in [5, 5.41) is 28.2. The Morgan fingerprint density at radius 2 is 0.726 bits per heavy atom. The maximum Gasteiger partial charge on any atom is 0.152 e. The molecule has 4 aliphatic rings. The van der Waals surface area contributed by atoms with Gasteiger partial charge in [0.25, 0.3) is 0 Å². The summed E-state index contributed by atoms with van der Waals surface area (Å²) >= 11 is 14.1. The Hall–Kier alpha value is -6.77. The van der Waals surface area contributed by atoms with Gasteiger partial charge in [-0.3, -0.25) is 25.8 Å². The van der Waals surface area contributed by atoms with Crippen molar-refractivity contribution in [1.82, 2.24) is 0 Å². The van der Waals surface area contributed by atoms with Crippen LogP contribution in [0.25, 0.3) is 49.5 Å². The minimum atomic E-state index is -0.798. The molecule has 13 rings (SSSR count). The van der Waals surface area contributed by atoms with Gasteiger partial charge in [-0.15, -0.1) is 56.7 Å². The molecule has 0 fully saturated rings. The van der Waals surface area contributed by atoms with Gasteiger partial charge in [0, 0.05) is 53.4 Å². The second kappa shape index (κ2) is 34.9. The van der Waals surface area contributed by atoms with E-state index in [9.17, 15) is 25.8 Å². The van der Waals surface area contributed by atoms with Crippen molar-refractivity contribution in [3.63, 3.8) is 0 Å². The van der Waals surface area contributed by atoms with E-state index in [0.29, 0.717) is 16.9 Å². The minimum Gasteiger partial charge on any atom is -0.298 e. The van der Waals surface area contributed by atoms with Gasteiger partial charge in [-0.25, -0.2) is 4.40 Å². The number of nitrogens with zero attached hydrogens (tertiary/aromatic N) is 1. The van der Waals surface area contributed by atoms with Crippen molar-refractivity contribution in [2.24, 2.45) is 4.40 Å². The molecule has 0 saturated carbocycles. The highest BCUT2D eigenvalue weighted by Crippen LogP contribution is 2.72. The Balaban J connectivity index is 1.19. The molecule has 9 aromatic rings. The average molecular weight is 1520 g/mol. The molecular weight excluding hydrogens is 1410 g/mol. The smallest absolute Gasteiger partial charge is 0.152 e. The number of thiol groups is 1. The molecular formula is C94H108N4O2S6. The number of rotatable bonds is 38. The molecule has 2 unspecified atom stereocenters. The normalized spacial score (nSPS) is 17.2. The fraction of sp³-hybridized carbons (Fsp3) is 0.426. The lowest BCUT2D eigenvalue weighted by atomic mass is 9.66. The number of fused-ring (bicyclic) bond motifs is 11. The van der Waals surface area contributed by atoms with Crippen LogP contribution in [0.3, 0.4) is 0 Å². The third-order valence-electron chi connectivity index (χ3n) is 22.9. The SMILES string of the molecule is CCCCCCc1cc(C)cc(C2(c3cc(CCCCCC)cc(CCCCCC)c3)c3cc(C4=CC=C(C=O)C(=N)C4=N)sc3-c3sc4c5c(sc4c32)-c2sc3cc(C4=CC=C(C=O)C(=N)/C4=N\S)sc3c2C5(c2cc(C)cc(CCCCCC)c2)c2cc(CCCCCC)cc(CCCCCC)c2)c1. The van der Waals surface area contributed by atoms with Crippen LogP contribution >= 0.6 is 69.5 Å². The van der Waals surface area contributed by atoms with Crippen molar-refractivity contribution in [3.8, 4) is 19.5 Å². The number of aldehydes is 2. The van der Waals surface area contributed by atoms with E-state index in [2.05, 4.69) is 158 Å². The van der Waals surface area contributed by atoms with Gasteiger partial charge in [-0.1, -0.05) is 253 Å². The summed E-state index contributed by atoms with van der Waals surface area (Å²) in [7, 11) is 0. The highest BCUT2D eigenvalue weighted by molar-refractivity contribution is 7.79. The number of carbonyl (C=O) groups is 2. The Kier molecular flexibility index (Phi) is 25.4. The van der Waals surface area contributed by atoms with Crippen molar-refractivity contribution in [2.45, 2.75) is 259 Å². The molecule has 12 heteroatoms. The molecule has 4 aliphatic carbocycles. The van der Waals surface area contributed by atoms with E-state index in [0.717, 1.165) is 105 Å². The van der Waals surface area contributed by atoms with E-state index in [4.69, 9.17) is 0 Å². The number of unbranched alkanes of at least 4 members (excludes halogenated alkanes) is 18. The van der Waals surface area contributed by atoms with E-state index in [-0.39, 0.29) is 22.7 Å². The van der Waals surface area contributed by atoms with Crippen molar-refractivity contribution >= 4 is 135 Å². The number of aryl methyl sites for hydroxylation is 8. The van der Waals surface area contributed by atoms with E-state index < -0.39 is 10.8 Å². The Labute approximate surface area is 657 Å². The summed E-state index contributed by atoms with van der Waals surface area (Å²) < 4.78 is 9.62. The summed E-state index contributed by atoms with van der Waals surface area (Å²) in [6, 6.07) is 35.9. The van der Waals surface area contributed by atoms with Crippen LogP contribution in [0.15, 0.2) is 125 Å². The van der Waals surface area contributed by atoms with Crippen molar-refractivity contribution in [3.05, 3.63) is 219 Å². The van der Waals surface area contributed by atoms with Crippen LogP contribution in [0.1, 0.15) is 294 Å². The van der Waals surface area contributed by atoms with Gasteiger partial charge in [0.05, 0.1) is 61.6 Å². The molecule has 5 aromatic heterocycles. The van der Waals surface area contributed by atoms with Gasteiger partial charge in [-0.05, 0) is 189 Å². The van der Waals surface area contributed by atoms with Gasteiger partial charge in [-0.2, -0.15) is 0 Å². The molecule has 0 amide bonds. The zero-order chi connectivity index (χ0) is 74.2. The van der Waals surface area contributed by atoms with Crippen LogP contribution in [-0.2, 0) is 58.9 Å². The topological polar surface area (TPSA) is 118 Å². The summed E-state index contributed by atoms with van der Waals surface area (Å²) in [5.74, 6) is 0. The Morgan fingerprint density at radius 3 is 1.17 bits per heavy atom. The largest absolute Gasteiger partial charge is 0.298 e. The predicted molar refractivity (Wildman–Crippen MR) is 466 cm³/mol. The first-order valence-electron chi connectivity index (χ1n) is 40.3. The second-order valence-electron chi connectivity index (χ2n) is 30.8. The third kappa shape index (κ3) is 15.0. The molecule has 0 saturated heterocycles. The molecule has 4 aromatic carbocycles. The van der Waals surface area contributed by atoms with Gasteiger partial charge < -0.3 is 0 Å². The first kappa shape index (κ1) is 77.4. The molecule has 106 heavy (non-hydrogen) atoms. The lowest BCUT2D eigenvalue weighted by Gasteiger charge is -2.35. The number of allylic oxidation sites excluding steroid dienone is 8. The molecule has 6 nitrogen and oxygen atoms in total. The van der Waals surface area contributed by atoms with Crippen LogP contribution in [-0.4, -0.2) is 35.4 Å². The average Bonchev–Trinajstić information content (AvgIpc) is 1.48. The number of hydrogen-bond donors (Lipinski definition) is 4. The predicted octanol–water partition coefficient (Wildman–Crippen LogP) is 27.8. The Morgan fingerprint density at radius 1 is 0.358 bits per heavy atom. The van der Waals surface area contributed by atoms with Gasteiger partial charge in [0.2, 0.25) is 0 Å². The van der Waals surface area contributed by atoms with Crippen LogP contribution in [0, 0.1) is 30.1 Å². The van der Waals surface area contributed by atoms with Gasteiger partial charge >= 0.3 is 0 Å². The van der Waals surface area contributed by atoms with E-state index in [1.807, 2.05) is 57.5 Å². The first-order valence-corrected chi connectivity index (χ1v) is 44.8. The van der Waals surface area contributed by atoms with Crippen LogP contribution < -0.4 is 0 Å². The fourth-order valence-electron chi connectivity index (χ4n) is 17.6. The summed E-state index contributed by atoms with van der Waals surface area (Å²) in [6.07, 6.45) is 43.4. The van der Waals surface area contributed by atoms with Crippen LogP contribution in [0.2, 0.25) is 0 Å². The molecule has 3 N–H and O–H groups in total. The van der Waals surface area contributed by atoms with Crippen molar-refractivity contribution < 1.29 is 9.59 Å². The third-order valence-corrected chi connectivity index (χ3v) is 29.6. The number of thiophene rings is 5. The molecule has 552 valence electrons. The van der Waals surface area contributed by atoms with E-state index in [1.165, 1.54) is 243 Å². The van der Waals surface area contributed by atoms with Crippen LogP contribution in [0.5, 0.6) is 0 Å². The first-order chi connectivity index (χ1) is 51.7. The van der Waals surface area contributed by atoms with E-state index in [1.54, 1.807) is 23.5 Å². The molecule has 5 heterocycles. The van der Waals surface area contributed by atoms with E-state index >= 15 is 0 Å². The fourth-order valence-corrected chi connectivity index (χ4v) is 25.3. The minimum absolute atomic E-state index is 0.0330. The van der Waals surface area contributed by atoms with Crippen molar-refractivity contribution in [2.75, 3.05) is 0 Å². The second-order valence-corrected chi connectivity index (χ2v) is 36.2. The number of carbonyl (C=O) groups excluding carboxylic acids is 2. The molecule has 0 aliphatic heterocycles. The van der Waals surface area contributed by atoms with Gasteiger partial charge in [0.1, 0.15) is 5.71 Å². The lowest BCUT2D eigenvalue weighted by Crippen LogP contribution is -2.30. The highest BCUT2D eigenvalue weighted by Gasteiger charge is 2.56. The molecule has 2 atom stereocenters. The highest BCUT2D eigenvalue weighted by atomic mass is 32.1. The standard InChI is InChI=1S/C94H108N4O2S6/c1-9-15-21-27-33-61-43-59(7)45-69(49-61)93(71-51-63(35-29-23-17-11-3)47-64(52-71)36-30-24-18-12-4)75-55-76(73-41-39-67(57-99)82(95)84(73)97)102-86(75)88-80(93)90-92(105-88)81-91(106-90)89-79(87-78(104-89)56-77(103-87)74-42-40-68(58-100)83(96)85(74)98-101)94(81,70-46-60(8)44-62(50-70)34-28-22-16-10-2)72-53-65(37-31-25-19-13-5)48-66(54-72)38-32-26-20-14-6/h39-58,95-97,101H,9-38H2,1-8H3/b95-82?,96-83?,97-84?,98-85-. The maximum absolute atomic E-state index is 12.5. The maximum atomic E-state index is 12.5. The monoisotopic (exact) mass is 1520 g/mol. The molecule has 0 radical (unpaired) electrons. The van der Waals surface area contributed by atoms with Gasteiger partial charge in [0.15, 0.2) is 12.6 Å². The molecule has 0 bridgehead atoms. The summed E-state index contributed by atoms with van der Waals surface area (Å²) in [4.78, 5) is 32.2. The lowest BCUT2D eigenvalue weighted by molar-refractivity contribution is -0.105. The quantitative estimate of drug-likeness (QED) is 0.0133. The number of benzene rings is 4. The number of nitrogens with one attached hydrogen (secondary N) is 3. The number of hydrogen-bond acceptors (Lipinski definition) is 12. The Bertz CT molecular complexity index is 4920. The zero-order valence-corrected chi connectivity index (χ0v) is 69.0. The van der Waals surface area contributed by atoms with Crippen molar-refractivity contribution in [1.29, 1.82) is 16.2 Å². The summed E-state index contributed by atoms with van der Waals surface area (Å²) in [6.45, 7) is 18.5. The summed E-state index contributed by atoms with van der Waals surface area (Å²) in [5.41, 5.74) is 22.6. The molecule has 0 spiro atoms. The zero-order valence-electron chi connectivity index (χ0n) is 64.0.